The number of hydrogen-bond acceptors (Lipinski definition) is 1. The molecule has 14 heavy (non-hydrogen) atoms. The van der Waals surface area contributed by atoms with E-state index in [2.05, 4.69) is 21.9 Å². The standard InChI is InChI=1S/C11H11BrFN/c1-2-3-4-11(14)9-6-5-8(12)7-10(9)13/h1,5-7,11H,3-4,14H2. The van der Waals surface area contributed by atoms with Crippen molar-refractivity contribution in [3.63, 3.8) is 0 Å². The minimum atomic E-state index is -0.320. The van der Waals surface area contributed by atoms with Gasteiger partial charge in [0.2, 0.25) is 0 Å². The van der Waals surface area contributed by atoms with Crippen LogP contribution >= 0.6 is 15.9 Å². The summed E-state index contributed by atoms with van der Waals surface area (Å²) in [5.74, 6) is 2.20. The molecule has 74 valence electrons. The first-order chi connectivity index (χ1) is 6.65. The van der Waals surface area contributed by atoms with Crippen LogP contribution in [0.25, 0.3) is 0 Å². The number of hydrogen-bond donors (Lipinski definition) is 1. The van der Waals surface area contributed by atoms with Gasteiger partial charge in [0, 0.05) is 22.5 Å². The zero-order valence-corrected chi connectivity index (χ0v) is 9.22. The molecule has 0 bridgehead atoms. The molecule has 3 heteroatoms. The van der Waals surface area contributed by atoms with Crippen LogP contribution < -0.4 is 5.73 Å². The zero-order chi connectivity index (χ0) is 10.6. The van der Waals surface area contributed by atoms with Crippen molar-refractivity contribution < 1.29 is 4.39 Å². The lowest BCUT2D eigenvalue weighted by molar-refractivity contribution is 0.567. The van der Waals surface area contributed by atoms with Crippen molar-refractivity contribution in [1.82, 2.24) is 0 Å². The molecule has 1 rings (SSSR count). The van der Waals surface area contributed by atoms with Crippen LogP contribution in [0.2, 0.25) is 0 Å². The Kier molecular flexibility index (Phi) is 4.12. The zero-order valence-electron chi connectivity index (χ0n) is 7.63. The Morgan fingerprint density at radius 2 is 2.29 bits per heavy atom. The van der Waals surface area contributed by atoms with E-state index in [1.165, 1.54) is 6.07 Å². The Balaban J connectivity index is 2.80. The van der Waals surface area contributed by atoms with Gasteiger partial charge >= 0.3 is 0 Å². The molecule has 2 N–H and O–H groups in total. The van der Waals surface area contributed by atoms with Gasteiger partial charge in [-0.3, -0.25) is 0 Å². The summed E-state index contributed by atoms with van der Waals surface area (Å²) in [7, 11) is 0. The van der Waals surface area contributed by atoms with Gasteiger partial charge in [-0.1, -0.05) is 22.0 Å². The largest absolute Gasteiger partial charge is 0.324 e. The van der Waals surface area contributed by atoms with Crippen LogP contribution in [-0.4, -0.2) is 0 Å². The molecule has 0 spiro atoms. The minimum Gasteiger partial charge on any atom is -0.324 e. The molecule has 0 saturated heterocycles. The maximum Gasteiger partial charge on any atom is 0.129 e. The maximum absolute atomic E-state index is 13.4. The fourth-order valence-electron chi connectivity index (χ4n) is 1.20. The molecule has 1 atom stereocenters. The molecule has 1 aromatic rings. The Labute approximate surface area is 91.6 Å². The number of rotatable bonds is 3. The van der Waals surface area contributed by atoms with Gasteiger partial charge in [0.25, 0.3) is 0 Å². The summed E-state index contributed by atoms with van der Waals surface area (Å²) < 4.78 is 14.1. The van der Waals surface area contributed by atoms with Crippen molar-refractivity contribution >= 4 is 15.9 Å². The topological polar surface area (TPSA) is 26.0 Å². The van der Waals surface area contributed by atoms with Gasteiger partial charge in [-0.2, -0.15) is 0 Å². The van der Waals surface area contributed by atoms with E-state index < -0.39 is 0 Å². The SMILES string of the molecule is C#CCCC(N)c1ccc(Br)cc1F. The smallest absolute Gasteiger partial charge is 0.129 e. The van der Waals surface area contributed by atoms with Crippen LogP contribution in [0.1, 0.15) is 24.4 Å². The van der Waals surface area contributed by atoms with E-state index >= 15 is 0 Å². The Bertz CT molecular complexity index is 357. The molecule has 0 heterocycles. The summed E-state index contributed by atoms with van der Waals surface area (Å²) in [5, 5.41) is 0. The van der Waals surface area contributed by atoms with Gasteiger partial charge in [0.15, 0.2) is 0 Å². The van der Waals surface area contributed by atoms with Crippen LogP contribution in [0, 0.1) is 18.2 Å². The normalized spacial score (nSPS) is 12.1. The third kappa shape index (κ3) is 2.83. The van der Waals surface area contributed by atoms with E-state index in [-0.39, 0.29) is 11.9 Å². The van der Waals surface area contributed by atoms with E-state index in [4.69, 9.17) is 12.2 Å². The number of nitrogens with two attached hydrogens (primary N) is 1. The molecule has 0 aromatic heterocycles. The second-order valence-corrected chi connectivity index (χ2v) is 3.93. The highest BCUT2D eigenvalue weighted by Gasteiger charge is 2.10. The van der Waals surface area contributed by atoms with E-state index in [9.17, 15) is 4.39 Å². The average molecular weight is 256 g/mol. The third-order valence-electron chi connectivity index (χ3n) is 1.96. The molecular formula is C11H11BrFN. The highest BCUT2D eigenvalue weighted by Crippen LogP contribution is 2.22. The summed E-state index contributed by atoms with van der Waals surface area (Å²) in [6.07, 6.45) is 6.28. The molecule has 1 unspecified atom stereocenters. The van der Waals surface area contributed by atoms with Crippen molar-refractivity contribution in [2.24, 2.45) is 5.73 Å². The quantitative estimate of drug-likeness (QED) is 0.826. The van der Waals surface area contributed by atoms with Gasteiger partial charge in [-0.25, -0.2) is 4.39 Å². The van der Waals surface area contributed by atoms with Crippen molar-refractivity contribution in [2.75, 3.05) is 0 Å². The number of halogens is 2. The molecule has 1 nitrogen and oxygen atoms in total. The predicted octanol–water partition coefficient (Wildman–Crippen LogP) is 3.00. The molecule has 0 amide bonds. The van der Waals surface area contributed by atoms with Gasteiger partial charge in [0.1, 0.15) is 5.82 Å². The molecule has 0 fully saturated rings. The monoisotopic (exact) mass is 255 g/mol. The average Bonchev–Trinajstić information content (AvgIpc) is 2.14. The summed E-state index contributed by atoms with van der Waals surface area (Å²) in [6, 6.07) is 4.54. The maximum atomic E-state index is 13.4. The lowest BCUT2D eigenvalue weighted by Gasteiger charge is -2.11. The van der Waals surface area contributed by atoms with Crippen LogP contribution in [0.15, 0.2) is 22.7 Å². The first-order valence-electron chi connectivity index (χ1n) is 4.29. The summed E-state index contributed by atoms with van der Waals surface area (Å²) in [4.78, 5) is 0. The van der Waals surface area contributed by atoms with E-state index in [0.29, 0.717) is 22.9 Å². The van der Waals surface area contributed by atoms with Crippen molar-refractivity contribution in [3.8, 4) is 12.3 Å². The summed E-state index contributed by atoms with van der Waals surface area (Å²) >= 11 is 3.18. The molecular weight excluding hydrogens is 245 g/mol. The lowest BCUT2D eigenvalue weighted by atomic mass is 10.0. The molecule has 0 aliphatic heterocycles. The molecule has 0 saturated carbocycles. The van der Waals surface area contributed by atoms with Gasteiger partial charge in [0.05, 0.1) is 0 Å². The van der Waals surface area contributed by atoms with Gasteiger partial charge in [-0.05, 0) is 18.6 Å². The van der Waals surface area contributed by atoms with Crippen LogP contribution in [0.5, 0.6) is 0 Å². The molecule has 0 radical (unpaired) electrons. The van der Waals surface area contributed by atoms with Crippen LogP contribution in [0.4, 0.5) is 4.39 Å². The molecule has 0 aliphatic rings. The third-order valence-corrected chi connectivity index (χ3v) is 2.45. The van der Waals surface area contributed by atoms with Crippen molar-refractivity contribution in [2.45, 2.75) is 18.9 Å². The second-order valence-electron chi connectivity index (χ2n) is 3.02. The Morgan fingerprint density at radius 1 is 1.57 bits per heavy atom. The minimum absolute atomic E-state index is 0.288. The van der Waals surface area contributed by atoms with Gasteiger partial charge in [-0.15, -0.1) is 12.3 Å². The second kappa shape index (κ2) is 5.14. The van der Waals surface area contributed by atoms with E-state index in [1.54, 1.807) is 12.1 Å². The first-order valence-corrected chi connectivity index (χ1v) is 5.08. The number of benzene rings is 1. The molecule has 0 aliphatic carbocycles. The highest BCUT2D eigenvalue weighted by molar-refractivity contribution is 9.10. The Morgan fingerprint density at radius 3 is 2.86 bits per heavy atom. The molecule has 1 aromatic carbocycles. The first kappa shape index (κ1) is 11.2. The summed E-state index contributed by atoms with van der Waals surface area (Å²) in [6.45, 7) is 0. The number of terminal acetylenes is 1. The summed E-state index contributed by atoms with van der Waals surface area (Å²) in [5.41, 5.74) is 6.30. The van der Waals surface area contributed by atoms with Gasteiger partial charge < -0.3 is 5.73 Å². The lowest BCUT2D eigenvalue weighted by Crippen LogP contribution is -2.11. The van der Waals surface area contributed by atoms with Crippen molar-refractivity contribution in [3.05, 3.63) is 34.1 Å². The Hall–Kier alpha value is -0.850. The van der Waals surface area contributed by atoms with Crippen molar-refractivity contribution in [1.29, 1.82) is 0 Å². The fraction of sp³-hybridized carbons (Fsp3) is 0.273. The van der Waals surface area contributed by atoms with Crippen LogP contribution in [-0.2, 0) is 0 Å². The van der Waals surface area contributed by atoms with E-state index in [0.717, 1.165) is 0 Å². The highest BCUT2D eigenvalue weighted by atomic mass is 79.9. The van der Waals surface area contributed by atoms with E-state index in [1.807, 2.05) is 0 Å². The van der Waals surface area contributed by atoms with Crippen LogP contribution in [0.3, 0.4) is 0 Å². The predicted molar refractivity (Wildman–Crippen MR) is 59.1 cm³/mol. The fourth-order valence-corrected chi connectivity index (χ4v) is 1.53.